The maximum atomic E-state index is 11.5. The molecule has 0 aliphatic rings. The summed E-state index contributed by atoms with van der Waals surface area (Å²) in [6.45, 7) is 5.49. The highest BCUT2D eigenvalue weighted by Gasteiger charge is 2.12. The molecule has 0 saturated carbocycles. The van der Waals surface area contributed by atoms with E-state index >= 15 is 0 Å². The molecule has 1 aromatic rings. The van der Waals surface area contributed by atoms with Gasteiger partial charge in [-0.05, 0) is 5.56 Å². The van der Waals surface area contributed by atoms with Gasteiger partial charge in [0.05, 0.1) is 0 Å². The fraction of sp³-hybridized carbons (Fsp3) is 0.250. The standard InChI is InChI=1S/C12H14O/c1-3-7-12(13)10(2)11-8-5-4-6-9-11/h3-6,8-10H,1,7H2,2H3. The molecule has 0 aliphatic heterocycles. The van der Waals surface area contributed by atoms with E-state index in [4.69, 9.17) is 0 Å². The van der Waals surface area contributed by atoms with Gasteiger partial charge >= 0.3 is 0 Å². The van der Waals surface area contributed by atoms with Crippen molar-refractivity contribution in [2.24, 2.45) is 0 Å². The van der Waals surface area contributed by atoms with Crippen LogP contribution < -0.4 is 0 Å². The minimum atomic E-state index is -0.0146. The first-order chi connectivity index (χ1) is 6.25. The first-order valence-corrected chi connectivity index (χ1v) is 4.44. The summed E-state index contributed by atoms with van der Waals surface area (Å²) in [4.78, 5) is 11.5. The van der Waals surface area contributed by atoms with Crippen molar-refractivity contribution in [1.82, 2.24) is 0 Å². The monoisotopic (exact) mass is 174 g/mol. The summed E-state index contributed by atoms with van der Waals surface area (Å²) in [5, 5.41) is 0. The Morgan fingerprint density at radius 1 is 1.46 bits per heavy atom. The molecule has 68 valence electrons. The lowest BCUT2D eigenvalue weighted by Gasteiger charge is -2.08. The van der Waals surface area contributed by atoms with Gasteiger partial charge in [-0.3, -0.25) is 4.79 Å². The second-order valence-corrected chi connectivity index (χ2v) is 3.09. The smallest absolute Gasteiger partial charge is 0.143 e. The Balaban J connectivity index is 2.73. The second-order valence-electron chi connectivity index (χ2n) is 3.09. The van der Waals surface area contributed by atoms with Crippen molar-refractivity contribution in [2.75, 3.05) is 0 Å². The third-order valence-electron chi connectivity index (χ3n) is 2.13. The van der Waals surface area contributed by atoms with Crippen LogP contribution in [0.25, 0.3) is 0 Å². The molecule has 13 heavy (non-hydrogen) atoms. The van der Waals surface area contributed by atoms with E-state index in [0.29, 0.717) is 6.42 Å². The summed E-state index contributed by atoms with van der Waals surface area (Å²) in [6, 6.07) is 9.81. The van der Waals surface area contributed by atoms with E-state index in [1.54, 1.807) is 6.08 Å². The third-order valence-corrected chi connectivity index (χ3v) is 2.13. The van der Waals surface area contributed by atoms with Gasteiger partial charge in [-0.2, -0.15) is 0 Å². The maximum Gasteiger partial charge on any atom is 0.143 e. The van der Waals surface area contributed by atoms with Crippen LogP contribution in [0.15, 0.2) is 43.0 Å². The van der Waals surface area contributed by atoms with Crippen molar-refractivity contribution in [3.63, 3.8) is 0 Å². The SMILES string of the molecule is C=CCC(=O)C(C)c1ccccc1. The van der Waals surface area contributed by atoms with E-state index in [0.717, 1.165) is 5.56 Å². The van der Waals surface area contributed by atoms with Gasteiger partial charge in [-0.1, -0.05) is 43.3 Å². The van der Waals surface area contributed by atoms with E-state index in [9.17, 15) is 4.79 Å². The molecule has 0 N–H and O–H groups in total. The molecule has 0 fully saturated rings. The highest BCUT2D eigenvalue weighted by molar-refractivity contribution is 5.86. The molecule has 1 unspecified atom stereocenters. The summed E-state index contributed by atoms with van der Waals surface area (Å²) in [5.74, 6) is 0.209. The number of rotatable bonds is 4. The molecule has 0 bridgehead atoms. The van der Waals surface area contributed by atoms with E-state index in [-0.39, 0.29) is 11.7 Å². The third kappa shape index (κ3) is 2.55. The number of hydrogen-bond acceptors (Lipinski definition) is 1. The van der Waals surface area contributed by atoms with Crippen molar-refractivity contribution < 1.29 is 4.79 Å². The molecule has 0 aliphatic carbocycles. The lowest BCUT2D eigenvalue weighted by Crippen LogP contribution is -2.07. The van der Waals surface area contributed by atoms with Gasteiger partial charge in [0.2, 0.25) is 0 Å². The highest BCUT2D eigenvalue weighted by Crippen LogP contribution is 2.16. The Morgan fingerprint density at radius 3 is 2.62 bits per heavy atom. The number of Topliss-reactive ketones (excluding diaryl/α,β-unsaturated/α-hetero) is 1. The van der Waals surface area contributed by atoms with Gasteiger partial charge in [0.25, 0.3) is 0 Å². The van der Waals surface area contributed by atoms with Crippen LogP contribution in [0.1, 0.15) is 24.8 Å². The normalized spacial score (nSPS) is 12.1. The van der Waals surface area contributed by atoms with Crippen LogP contribution in [0.3, 0.4) is 0 Å². The number of ketones is 1. The zero-order valence-corrected chi connectivity index (χ0v) is 7.86. The van der Waals surface area contributed by atoms with Gasteiger partial charge in [0.1, 0.15) is 5.78 Å². The highest BCUT2D eigenvalue weighted by atomic mass is 16.1. The largest absolute Gasteiger partial charge is 0.299 e. The lowest BCUT2D eigenvalue weighted by molar-refractivity contribution is -0.119. The molecule has 1 heteroatoms. The van der Waals surface area contributed by atoms with E-state index in [1.165, 1.54) is 0 Å². The van der Waals surface area contributed by atoms with Gasteiger partial charge < -0.3 is 0 Å². The minimum Gasteiger partial charge on any atom is -0.299 e. The van der Waals surface area contributed by atoms with E-state index < -0.39 is 0 Å². The number of carbonyl (C=O) groups is 1. The van der Waals surface area contributed by atoms with Gasteiger partial charge in [-0.15, -0.1) is 6.58 Å². The maximum absolute atomic E-state index is 11.5. The fourth-order valence-corrected chi connectivity index (χ4v) is 1.25. The number of hydrogen-bond donors (Lipinski definition) is 0. The Kier molecular flexibility index (Phi) is 3.44. The minimum absolute atomic E-state index is 0.0146. The van der Waals surface area contributed by atoms with Crippen molar-refractivity contribution in [2.45, 2.75) is 19.3 Å². The lowest BCUT2D eigenvalue weighted by atomic mass is 9.95. The number of allylic oxidation sites excluding steroid dienone is 1. The quantitative estimate of drug-likeness (QED) is 0.641. The Labute approximate surface area is 79.1 Å². The summed E-state index contributed by atoms with van der Waals surface area (Å²) < 4.78 is 0. The van der Waals surface area contributed by atoms with E-state index in [2.05, 4.69) is 6.58 Å². The average molecular weight is 174 g/mol. The van der Waals surface area contributed by atoms with Crippen molar-refractivity contribution >= 4 is 5.78 Å². The van der Waals surface area contributed by atoms with Gasteiger partial charge in [-0.25, -0.2) is 0 Å². The van der Waals surface area contributed by atoms with E-state index in [1.807, 2.05) is 37.3 Å². The van der Waals surface area contributed by atoms with Crippen LogP contribution in [0.4, 0.5) is 0 Å². The molecule has 0 heterocycles. The van der Waals surface area contributed by atoms with Crippen LogP contribution in [-0.4, -0.2) is 5.78 Å². The first-order valence-electron chi connectivity index (χ1n) is 4.44. The summed E-state index contributed by atoms with van der Waals surface area (Å²) in [7, 11) is 0. The predicted molar refractivity (Wildman–Crippen MR) is 54.7 cm³/mol. The Morgan fingerprint density at radius 2 is 2.08 bits per heavy atom. The van der Waals surface area contributed by atoms with Gasteiger partial charge in [0.15, 0.2) is 0 Å². The molecule has 1 nitrogen and oxygen atoms in total. The van der Waals surface area contributed by atoms with Crippen molar-refractivity contribution in [1.29, 1.82) is 0 Å². The van der Waals surface area contributed by atoms with Crippen molar-refractivity contribution in [3.05, 3.63) is 48.6 Å². The van der Waals surface area contributed by atoms with Crippen LogP contribution >= 0.6 is 0 Å². The second kappa shape index (κ2) is 4.61. The molecular weight excluding hydrogens is 160 g/mol. The first kappa shape index (κ1) is 9.72. The van der Waals surface area contributed by atoms with Crippen LogP contribution in [0.2, 0.25) is 0 Å². The average Bonchev–Trinajstić information content (AvgIpc) is 2.18. The molecule has 0 amide bonds. The number of benzene rings is 1. The molecule has 1 rings (SSSR count). The van der Waals surface area contributed by atoms with Crippen molar-refractivity contribution in [3.8, 4) is 0 Å². The summed E-state index contributed by atoms with van der Waals surface area (Å²) >= 11 is 0. The number of carbonyl (C=O) groups excluding carboxylic acids is 1. The fourth-order valence-electron chi connectivity index (χ4n) is 1.25. The predicted octanol–water partition coefficient (Wildman–Crippen LogP) is 2.94. The molecule has 0 radical (unpaired) electrons. The Bertz CT molecular complexity index is 287. The topological polar surface area (TPSA) is 17.1 Å². The van der Waals surface area contributed by atoms with Crippen LogP contribution in [0.5, 0.6) is 0 Å². The molecule has 0 spiro atoms. The summed E-state index contributed by atoms with van der Waals surface area (Å²) in [6.07, 6.45) is 2.11. The zero-order chi connectivity index (χ0) is 9.68. The molecule has 1 atom stereocenters. The van der Waals surface area contributed by atoms with Crippen LogP contribution in [-0.2, 0) is 4.79 Å². The van der Waals surface area contributed by atoms with Gasteiger partial charge in [0, 0.05) is 12.3 Å². The zero-order valence-electron chi connectivity index (χ0n) is 7.86. The van der Waals surface area contributed by atoms with Crippen LogP contribution in [0, 0.1) is 0 Å². The molecule has 1 aromatic carbocycles. The summed E-state index contributed by atoms with van der Waals surface area (Å²) in [5.41, 5.74) is 1.08. The molecular formula is C12H14O. The Hall–Kier alpha value is -1.37. The molecule has 0 aromatic heterocycles. The molecule has 0 saturated heterocycles.